The zero-order chi connectivity index (χ0) is 12.5. The van der Waals surface area contributed by atoms with E-state index < -0.39 is 11.0 Å². The van der Waals surface area contributed by atoms with E-state index in [0.29, 0.717) is 0 Å². The second kappa shape index (κ2) is 4.13. The molecule has 0 radical (unpaired) electrons. The van der Waals surface area contributed by atoms with Gasteiger partial charge in [-0.1, -0.05) is 12.5 Å². The number of rotatable bonds is 2. The molecule has 0 amide bonds. The lowest BCUT2D eigenvalue weighted by atomic mass is 9.66. The molecule has 0 aliphatic heterocycles. The van der Waals surface area contributed by atoms with Gasteiger partial charge in [-0.2, -0.15) is 0 Å². The van der Waals surface area contributed by atoms with Gasteiger partial charge in [0, 0.05) is 6.20 Å². The minimum Gasteiger partial charge on any atom is -0.459 e. The molecule has 0 spiro atoms. The molecule has 1 aliphatic carbocycles. The average Bonchev–Trinajstić information content (AvgIpc) is 2.14. The molecule has 92 valence electrons. The highest BCUT2D eigenvalue weighted by Crippen LogP contribution is 2.44. The minimum absolute atomic E-state index is 0.130. The van der Waals surface area contributed by atoms with Crippen molar-refractivity contribution in [3.63, 3.8) is 0 Å². The molecule has 1 heterocycles. The summed E-state index contributed by atoms with van der Waals surface area (Å²) in [7, 11) is 0. The van der Waals surface area contributed by atoms with Crippen LogP contribution in [0.5, 0.6) is 0 Å². The number of nitrogens with zero attached hydrogens (tertiary/aromatic N) is 1. The lowest BCUT2D eigenvalue weighted by Crippen LogP contribution is -2.46. The predicted molar refractivity (Wildman–Crippen MR) is 65.6 cm³/mol. The van der Waals surface area contributed by atoms with Gasteiger partial charge in [0.05, 0.1) is 5.69 Å². The molecule has 1 aliphatic rings. The van der Waals surface area contributed by atoms with E-state index in [-0.39, 0.29) is 5.97 Å². The average molecular weight is 233 g/mol. The van der Waals surface area contributed by atoms with Gasteiger partial charge in [0.1, 0.15) is 11.0 Å². The SMILES string of the molecule is CC(C)(C)OC(=O)C1(c2ccccn2)CCC1. The fourth-order valence-electron chi connectivity index (χ4n) is 2.12. The second-order valence-electron chi connectivity index (χ2n) is 5.65. The van der Waals surface area contributed by atoms with E-state index >= 15 is 0 Å². The number of aromatic nitrogens is 1. The quantitative estimate of drug-likeness (QED) is 0.737. The summed E-state index contributed by atoms with van der Waals surface area (Å²) in [6, 6.07) is 5.71. The monoisotopic (exact) mass is 233 g/mol. The molecule has 1 saturated carbocycles. The van der Waals surface area contributed by atoms with Gasteiger partial charge in [-0.25, -0.2) is 0 Å². The third-order valence-corrected chi connectivity index (χ3v) is 3.15. The Hall–Kier alpha value is -1.38. The first kappa shape index (κ1) is 12.1. The van der Waals surface area contributed by atoms with Crippen molar-refractivity contribution in [3.8, 4) is 0 Å². The summed E-state index contributed by atoms with van der Waals surface area (Å²) in [5.41, 5.74) is -0.0799. The molecule has 0 atom stereocenters. The number of carbonyl (C=O) groups is 1. The summed E-state index contributed by atoms with van der Waals surface area (Å²) in [6.45, 7) is 5.70. The fraction of sp³-hybridized carbons (Fsp3) is 0.571. The Bertz CT molecular complexity index is 402. The van der Waals surface area contributed by atoms with E-state index in [2.05, 4.69) is 4.98 Å². The van der Waals surface area contributed by atoms with E-state index in [1.165, 1.54) is 0 Å². The predicted octanol–water partition coefficient (Wildman–Crippen LogP) is 2.85. The van der Waals surface area contributed by atoms with Gasteiger partial charge in [0.25, 0.3) is 0 Å². The highest BCUT2D eigenvalue weighted by atomic mass is 16.6. The van der Waals surface area contributed by atoms with E-state index in [1.54, 1.807) is 6.20 Å². The largest absolute Gasteiger partial charge is 0.459 e. The van der Waals surface area contributed by atoms with Crippen molar-refractivity contribution >= 4 is 5.97 Å². The summed E-state index contributed by atoms with van der Waals surface area (Å²) in [4.78, 5) is 16.6. The van der Waals surface area contributed by atoms with Crippen molar-refractivity contribution in [1.82, 2.24) is 4.98 Å². The van der Waals surface area contributed by atoms with Crippen molar-refractivity contribution in [1.29, 1.82) is 0 Å². The van der Waals surface area contributed by atoms with Crippen LogP contribution in [0.2, 0.25) is 0 Å². The molecule has 3 nitrogen and oxygen atoms in total. The Morgan fingerprint density at radius 1 is 1.35 bits per heavy atom. The topological polar surface area (TPSA) is 39.2 Å². The van der Waals surface area contributed by atoms with E-state index in [1.807, 2.05) is 39.0 Å². The first-order valence-corrected chi connectivity index (χ1v) is 6.09. The maximum Gasteiger partial charge on any atom is 0.318 e. The Balaban J connectivity index is 2.24. The van der Waals surface area contributed by atoms with Crippen LogP contribution in [0, 0.1) is 0 Å². The van der Waals surface area contributed by atoms with Crippen LogP contribution >= 0.6 is 0 Å². The van der Waals surface area contributed by atoms with E-state index in [9.17, 15) is 4.79 Å². The van der Waals surface area contributed by atoms with Crippen molar-refractivity contribution in [2.75, 3.05) is 0 Å². The van der Waals surface area contributed by atoms with Gasteiger partial charge in [-0.3, -0.25) is 9.78 Å². The van der Waals surface area contributed by atoms with Gasteiger partial charge >= 0.3 is 5.97 Å². The number of hydrogen-bond donors (Lipinski definition) is 0. The van der Waals surface area contributed by atoms with Crippen LogP contribution in [0.25, 0.3) is 0 Å². The van der Waals surface area contributed by atoms with Gasteiger partial charge in [0.15, 0.2) is 0 Å². The molecule has 0 N–H and O–H groups in total. The van der Waals surface area contributed by atoms with Gasteiger partial charge in [-0.05, 0) is 45.7 Å². The first-order valence-electron chi connectivity index (χ1n) is 6.09. The number of carbonyl (C=O) groups excluding carboxylic acids is 1. The van der Waals surface area contributed by atoms with Gasteiger partial charge in [-0.15, -0.1) is 0 Å². The fourth-order valence-corrected chi connectivity index (χ4v) is 2.12. The van der Waals surface area contributed by atoms with Crippen LogP contribution in [-0.2, 0) is 14.9 Å². The van der Waals surface area contributed by atoms with Crippen LogP contribution in [0.4, 0.5) is 0 Å². The lowest BCUT2D eigenvalue weighted by molar-refractivity contribution is -0.166. The van der Waals surface area contributed by atoms with Crippen molar-refractivity contribution < 1.29 is 9.53 Å². The highest BCUT2D eigenvalue weighted by molar-refractivity contribution is 5.84. The zero-order valence-electron chi connectivity index (χ0n) is 10.7. The Morgan fingerprint density at radius 3 is 2.47 bits per heavy atom. The van der Waals surface area contributed by atoms with Gasteiger partial charge in [0.2, 0.25) is 0 Å². The zero-order valence-corrected chi connectivity index (χ0v) is 10.7. The molecule has 0 bridgehead atoms. The minimum atomic E-state index is -0.492. The van der Waals surface area contributed by atoms with Crippen LogP contribution in [0.15, 0.2) is 24.4 Å². The van der Waals surface area contributed by atoms with E-state index in [4.69, 9.17) is 4.74 Å². The van der Waals surface area contributed by atoms with Crippen molar-refractivity contribution in [2.45, 2.75) is 51.0 Å². The molecule has 3 heteroatoms. The van der Waals surface area contributed by atoms with Crippen LogP contribution in [0.1, 0.15) is 45.7 Å². The molecule has 2 rings (SSSR count). The first-order chi connectivity index (χ1) is 7.94. The molecular formula is C14H19NO2. The van der Waals surface area contributed by atoms with Crippen LogP contribution < -0.4 is 0 Å². The molecule has 1 aromatic rings. The summed E-state index contributed by atoms with van der Waals surface area (Å²) in [5, 5.41) is 0. The molecular weight excluding hydrogens is 214 g/mol. The molecule has 17 heavy (non-hydrogen) atoms. The maximum atomic E-state index is 12.3. The van der Waals surface area contributed by atoms with Crippen molar-refractivity contribution in [3.05, 3.63) is 30.1 Å². The van der Waals surface area contributed by atoms with Crippen molar-refractivity contribution in [2.24, 2.45) is 0 Å². The smallest absolute Gasteiger partial charge is 0.318 e. The van der Waals surface area contributed by atoms with Crippen LogP contribution in [0.3, 0.4) is 0 Å². The lowest BCUT2D eigenvalue weighted by Gasteiger charge is -2.40. The standard InChI is InChI=1S/C14H19NO2/c1-13(2,3)17-12(16)14(8-6-9-14)11-7-4-5-10-15-11/h4-5,7,10H,6,8-9H2,1-3H3. The van der Waals surface area contributed by atoms with Gasteiger partial charge < -0.3 is 4.74 Å². The third kappa shape index (κ3) is 2.33. The Kier molecular flexibility index (Phi) is 2.94. The molecule has 0 unspecified atom stereocenters. The molecule has 0 aromatic carbocycles. The molecule has 1 aromatic heterocycles. The molecule has 0 saturated heterocycles. The maximum absolute atomic E-state index is 12.3. The molecule has 1 fully saturated rings. The summed E-state index contributed by atoms with van der Waals surface area (Å²) >= 11 is 0. The number of pyridine rings is 1. The summed E-state index contributed by atoms with van der Waals surface area (Å²) < 4.78 is 5.52. The summed E-state index contributed by atoms with van der Waals surface area (Å²) in [5.74, 6) is -0.130. The normalized spacial score (nSPS) is 18.3. The van der Waals surface area contributed by atoms with Crippen LogP contribution in [-0.4, -0.2) is 16.6 Å². The van der Waals surface area contributed by atoms with E-state index in [0.717, 1.165) is 25.0 Å². The number of esters is 1. The second-order valence-corrected chi connectivity index (χ2v) is 5.65. The third-order valence-electron chi connectivity index (χ3n) is 3.15. The number of ether oxygens (including phenoxy) is 1. The summed E-state index contributed by atoms with van der Waals surface area (Å²) in [6.07, 6.45) is 4.49. The Morgan fingerprint density at radius 2 is 2.06 bits per heavy atom. The highest BCUT2D eigenvalue weighted by Gasteiger charge is 2.49. The Labute approximate surface area is 102 Å². The number of hydrogen-bond acceptors (Lipinski definition) is 3.